The summed E-state index contributed by atoms with van der Waals surface area (Å²) in [6, 6.07) is 3.38. The monoisotopic (exact) mass is 234 g/mol. The molecule has 0 saturated heterocycles. The molecule has 0 saturated carbocycles. The van der Waals surface area contributed by atoms with Gasteiger partial charge in [-0.3, -0.25) is 4.98 Å². The molecule has 1 aromatic heterocycles. The van der Waals surface area contributed by atoms with Crippen molar-refractivity contribution in [2.45, 2.75) is 38.1 Å². The molecule has 0 amide bonds. The average molecular weight is 234 g/mol. The van der Waals surface area contributed by atoms with Crippen LogP contribution in [0.5, 0.6) is 0 Å². The van der Waals surface area contributed by atoms with Gasteiger partial charge in [-0.1, -0.05) is 18.1 Å². The molecule has 3 heteroatoms. The zero-order chi connectivity index (χ0) is 12.1. The number of likely N-dealkylation sites (N-methyl/N-ethyl adjacent to an activating group) is 1. The van der Waals surface area contributed by atoms with Gasteiger partial charge in [0.2, 0.25) is 0 Å². The second-order valence-electron chi connectivity index (χ2n) is 4.50. The molecule has 0 fully saturated rings. The van der Waals surface area contributed by atoms with Crippen molar-refractivity contribution in [3.05, 3.63) is 41.5 Å². The maximum Gasteiger partial charge on any atom is 0.141 e. The van der Waals surface area contributed by atoms with E-state index in [1.54, 1.807) is 6.07 Å². The summed E-state index contributed by atoms with van der Waals surface area (Å²) >= 11 is 0. The third-order valence-corrected chi connectivity index (χ3v) is 3.28. The number of nitrogens with one attached hydrogen (secondary N) is 1. The van der Waals surface area contributed by atoms with Crippen LogP contribution in [0.2, 0.25) is 0 Å². The summed E-state index contributed by atoms with van der Waals surface area (Å²) in [6.07, 6.45) is 9.69. The molecule has 2 rings (SSSR count). The Morgan fingerprint density at radius 1 is 1.29 bits per heavy atom. The third kappa shape index (κ3) is 3.13. The standard InChI is InChI=1S/C14H19FN2/c1-16-14(11-6-4-2-3-5-7-11)13-9-8-12(15)10-17-13/h6,8-10,14,16H,2-5,7H2,1H3. The predicted molar refractivity (Wildman–Crippen MR) is 67.2 cm³/mol. The fraction of sp³-hybridized carbons (Fsp3) is 0.500. The Bertz CT molecular complexity index is 384. The van der Waals surface area contributed by atoms with Crippen molar-refractivity contribution in [2.24, 2.45) is 0 Å². The van der Waals surface area contributed by atoms with Gasteiger partial charge in [-0.05, 0) is 44.9 Å². The maximum absolute atomic E-state index is 12.9. The molecule has 0 spiro atoms. The molecule has 1 aliphatic rings. The smallest absolute Gasteiger partial charge is 0.141 e. The number of allylic oxidation sites excluding steroid dienone is 1. The Balaban J connectivity index is 2.20. The van der Waals surface area contributed by atoms with E-state index >= 15 is 0 Å². The zero-order valence-corrected chi connectivity index (χ0v) is 10.2. The summed E-state index contributed by atoms with van der Waals surface area (Å²) < 4.78 is 12.9. The van der Waals surface area contributed by atoms with E-state index in [1.165, 1.54) is 37.1 Å². The van der Waals surface area contributed by atoms with Gasteiger partial charge < -0.3 is 5.32 Å². The van der Waals surface area contributed by atoms with Gasteiger partial charge in [0.25, 0.3) is 0 Å². The van der Waals surface area contributed by atoms with Crippen LogP contribution in [-0.4, -0.2) is 12.0 Å². The number of rotatable bonds is 3. The average Bonchev–Trinajstić information content (AvgIpc) is 2.62. The van der Waals surface area contributed by atoms with Crippen LogP contribution in [0.3, 0.4) is 0 Å². The molecule has 92 valence electrons. The molecule has 1 aliphatic carbocycles. The Labute approximate surface area is 102 Å². The Hall–Kier alpha value is -1.22. The van der Waals surface area contributed by atoms with Gasteiger partial charge >= 0.3 is 0 Å². The third-order valence-electron chi connectivity index (χ3n) is 3.28. The van der Waals surface area contributed by atoms with Crippen LogP contribution in [0.4, 0.5) is 4.39 Å². The van der Waals surface area contributed by atoms with Crippen LogP contribution < -0.4 is 5.32 Å². The first kappa shape index (κ1) is 12.2. The van der Waals surface area contributed by atoms with E-state index in [9.17, 15) is 4.39 Å². The summed E-state index contributed by atoms with van der Waals surface area (Å²) in [7, 11) is 1.93. The van der Waals surface area contributed by atoms with Crippen LogP contribution in [0.25, 0.3) is 0 Å². The first-order valence-electron chi connectivity index (χ1n) is 6.29. The number of halogens is 1. The molecule has 2 nitrogen and oxygen atoms in total. The summed E-state index contributed by atoms with van der Waals surface area (Å²) in [5.41, 5.74) is 2.30. The molecule has 1 aromatic rings. The van der Waals surface area contributed by atoms with Crippen molar-refractivity contribution in [1.29, 1.82) is 0 Å². The molecule has 1 N–H and O–H groups in total. The number of nitrogens with zero attached hydrogens (tertiary/aromatic N) is 1. The summed E-state index contributed by atoms with van der Waals surface area (Å²) in [5, 5.41) is 3.28. The second-order valence-corrected chi connectivity index (χ2v) is 4.50. The lowest BCUT2D eigenvalue weighted by Gasteiger charge is -2.19. The highest BCUT2D eigenvalue weighted by atomic mass is 19.1. The van der Waals surface area contributed by atoms with E-state index in [4.69, 9.17) is 0 Å². The minimum Gasteiger partial charge on any atom is -0.308 e. The molecular formula is C14H19FN2. The molecule has 1 unspecified atom stereocenters. The quantitative estimate of drug-likeness (QED) is 0.811. The minimum absolute atomic E-state index is 0.133. The number of hydrogen-bond donors (Lipinski definition) is 1. The molecular weight excluding hydrogens is 215 g/mol. The fourth-order valence-corrected chi connectivity index (χ4v) is 2.38. The van der Waals surface area contributed by atoms with Crippen molar-refractivity contribution in [1.82, 2.24) is 10.3 Å². The van der Waals surface area contributed by atoms with E-state index in [0.29, 0.717) is 0 Å². The highest BCUT2D eigenvalue weighted by Gasteiger charge is 2.16. The fourth-order valence-electron chi connectivity index (χ4n) is 2.38. The minimum atomic E-state index is -0.279. The van der Waals surface area contributed by atoms with Gasteiger partial charge in [0, 0.05) is 0 Å². The van der Waals surface area contributed by atoms with Crippen molar-refractivity contribution in [2.75, 3.05) is 7.05 Å². The van der Waals surface area contributed by atoms with Crippen molar-refractivity contribution in [3.8, 4) is 0 Å². The Morgan fingerprint density at radius 2 is 2.18 bits per heavy atom. The van der Waals surface area contributed by atoms with E-state index in [2.05, 4.69) is 16.4 Å². The summed E-state index contributed by atoms with van der Waals surface area (Å²) in [4.78, 5) is 4.18. The van der Waals surface area contributed by atoms with E-state index in [0.717, 1.165) is 18.5 Å². The van der Waals surface area contributed by atoms with Gasteiger partial charge in [-0.25, -0.2) is 4.39 Å². The molecule has 1 heterocycles. The number of aromatic nitrogens is 1. The summed E-state index contributed by atoms with van der Waals surface area (Å²) in [6.45, 7) is 0. The predicted octanol–water partition coefficient (Wildman–Crippen LogP) is 3.37. The lowest BCUT2D eigenvalue weighted by atomic mass is 9.99. The van der Waals surface area contributed by atoms with E-state index in [1.807, 2.05) is 7.05 Å². The van der Waals surface area contributed by atoms with Crippen LogP contribution in [0, 0.1) is 5.82 Å². The van der Waals surface area contributed by atoms with Crippen LogP contribution in [0.1, 0.15) is 43.8 Å². The first-order valence-corrected chi connectivity index (χ1v) is 6.29. The second kappa shape index (κ2) is 5.92. The molecule has 0 aliphatic heterocycles. The van der Waals surface area contributed by atoms with Gasteiger partial charge in [0.05, 0.1) is 17.9 Å². The normalized spacial score (nSPS) is 18.4. The highest BCUT2D eigenvalue weighted by Crippen LogP contribution is 2.27. The van der Waals surface area contributed by atoms with Crippen LogP contribution in [0.15, 0.2) is 30.0 Å². The van der Waals surface area contributed by atoms with Gasteiger partial charge in [-0.15, -0.1) is 0 Å². The van der Waals surface area contributed by atoms with Gasteiger partial charge in [0.1, 0.15) is 5.82 Å². The van der Waals surface area contributed by atoms with Crippen molar-refractivity contribution in [3.63, 3.8) is 0 Å². The molecule has 0 bridgehead atoms. The maximum atomic E-state index is 12.9. The molecule has 17 heavy (non-hydrogen) atoms. The molecule has 1 atom stereocenters. The zero-order valence-electron chi connectivity index (χ0n) is 10.2. The lowest BCUT2D eigenvalue weighted by Crippen LogP contribution is -2.20. The SMILES string of the molecule is CNC(C1=CCCCCC1)c1ccc(F)cn1. The number of pyridine rings is 1. The highest BCUT2D eigenvalue weighted by molar-refractivity contribution is 5.23. The largest absolute Gasteiger partial charge is 0.308 e. The molecule has 0 aromatic carbocycles. The Kier molecular flexibility index (Phi) is 4.26. The van der Waals surface area contributed by atoms with Gasteiger partial charge in [0.15, 0.2) is 0 Å². The molecule has 0 radical (unpaired) electrons. The van der Waals surface area contributed by atoms with Crippen LogP contribution >= 0.6 is 0 Å². The summed E-state index contributed by atoms with van der Waals surface area (Å²) in [5.74, 6) is -0.279. The lowest BCUT2D eigenvalue weighted by molar-refractivity contribution is 0.595. The first-order chi connectivity index (χ1) is 8.31. The van der Waals surface area contributed by atoms with Crippen LogP contribution in [-0.2, 0) is 0 Å². The van der Waals surface area contributed by atoms with E-state index < -0.39 is 0 Å². The Morgan fingerprint density at radius 3 is 2.88 bits per heavy atom. The van der Waals surface area contributed by atoms with Gasteiger partial charge in [-0.2, -0.15) is 0 Å². The number of hydrogen-bond acceptors (Lipinski definition) is 2. The van der Waals surface area contributed by atoms with Crippen molar-refractivity contribution >= 4 is 0 Å². The topological polar surface area (TPSA) is 24.9 Å². The van der Waals surface area contributed by atoms with E-state index in [-0.39, 0.29) is 11.9 Å². The van der Waals surface area contributed by atoms with Crippen molar-refractivity contribution < 1.29 is 4.39 Å².